The molecule has 0 aliphatic heterocycles. The first-order chi connectivity index (χ1) is 9.27. The number of aryl methyl sites for hydroxylation is 1. The molecular formula is C15H17FN2OS. The van der Waals surface area contributed by atoms with E-state index in [1.165, 1.54) is 23.5 Å². The predicted octanol–water partition coefficient (Wildman–Crippen LogP) is 3.46. The SMILES string of the molecule is Cc1cn(-c2ccc(F)cc2)/c(=N/C(=O)C(C)(C)C)s1. The topological polar surface area (TPSA) is 34.4 Å². The van der Waals surface area contributed by atoms with Gasteiger partial charge in [-0.05, 0) is 31.2 Å². The average Bonchev–Trinajstić information content (AvgIpc) is 2.70. The van der Waals surface area contributed by atoms with E-state index in [1.54, 1.807) is 12.1 Å². The summed E-state index contributed by atoms with van der Waals surface area (Å²) in [6, 6.07) is 6.12. The lowest BCUT2D eigenvalue weighted by atomic mass is 9.96. The summed E-state index contributed by atoms with van der Waals surface area (Å²) in [6.07, 6.45) is 1.90. The van der Waals surface area contributed by atoms with Gasteiger partial charge in [0.15, 0.2) is 4.80 Å². The Morgan fingerprint density at radius 2 is 1.85 bits per heavy atom. The van der Waals surface area contributed by atoms with Crippen LogP contribution in [0.1, 0.15) is 25.6 Å². The Kier molecular flexibility index (Phi) is 3.90. The standard InChI is InChI=1S/C15H17FN2OS/c1-10-9-18(12-7-5-11(16)6-8-12)14(20-10)17-13(19)15(2,3)4/h5-9H,1-4H3/b17-14-. The van der Waals surface area contributed by atoms with Gasteiger partial charge in [-0.1, -0.05) is 20.8 Å². The first kappa shape index (κ1) is 14.7. The third-order valence-electron chi connectivity index (χ3n) is 2.71. The summed E-state index contributed by atoms with van der Waals surface area (Å²) in [5, 5.41) is 0. The molecule has 0 unspecified atom stereocenters. The minimum Gasteiger partial charge on any atom is -0.292 e. The highest BCUT2D eigenvalue weighted by Gasteiger charge is 2.20. The molecule has 20 heavy (non-hydrogen) atoms. The molecule has 0 radical (unpaired) electrons. The second-order valence-corrected chi connectivity index (χ2v) is 6.85. The van der Waals surface area contributed by atoms with Gasteiger partial charge in [0.2, 0.25) is 0 Å². The Morgan fingerprint density at radius 1 is 1.25 bits per heavy atom. The Balaban J connectivity index is 2.54. The van der Waals surface area contributed by atoms with Gasteiger partial charge in [-0.15, -0.1) is 11.3 Å². The first-order valence-electron chi connectivity index (χ1n) is 6.31. The van der Waals surface area contributed by atoms with Crippen molar-refractivity contribution in [2.75, 3.05) is 0 Å². The fraction of sp³-hybridized carbons (Fsp3) is 0.333. The van der Waals surface area contributed by atoms with E-state index in [1.807, 2.05) is 38.5 Å². The molecule has 2 aromatic rings. The second-order valence-electron chi connectivity index (χ2n) is 5.64. The molecule has 1 aromatic heterocycles. The van der Waals surface area contributed by atoms with Crippen LogP contribution in [0.3, 0.4) is 0 Å². The van der Waals surface area contributed by atoms with Crippen molar-refractivity contribution in [3.8, 4) is 5.69 Å². The van der Waals surface area contributed by atoms with Crippen molar-refractivity contribution < 1.29 is 9.18 Å². The molecule has 0 saturated carbocycles. The van der Waals surface area contributed by atoms with Gasteiger partial charge in [-0.25, -0.2) is 4.39 Å². The van der Waals surface area contributed by atoms with Crippen molar-refractivity contribution >= 4 is 17.2 Å². The summed E-state index contributed by atoms with van der Waals surface area (Å²) in [5.74, 6) is -0.458. The van der Waals surface area contributed by atoms with Crippen molar-refractivity contribution in [3.05, 3.63) is 46.0 Å². The van der Waals surface area contributed by atoms with Crippen molar-refractivity contribution in [3.63, 3.8) is 0 Å². The zero-order valence-electron chi connectivity index (χ0n) is 12.0. The van der Waals surface area contributed by atoms with Crippen LogP contribution in [0, 0.1) is 18.2 Å². The molecule has 0 saturated heterocycles. The van der Waals surface area contributed by atoms with E-state index in [-0.39, 0.29) is 11.7 Å². The van der Waals surface area contributed by atoms with Crippen LogP contribution in [0.15, 0.2) is 35.5 Å². The highest BCUT2D eigenvalue weighted by molar-refractivity contribution is 7.09. The first-order valence-corrected chi connectivity index (χ1v) is 7.13. The van der Waals surface area contributed by atoms with Crippen LogP contribution in [-0.4, -0.2) is 10.5 Å². The lowest BCUT2D eigenvalue weighted by Crippen LogP contribution is -2.22. The molecule has 2 rings (SSSR count). The number of aromatic nitrogens is 1. The predicted molar refractivity (Wildman–Crippen MR) is 78.4 cm³/mol. The normalized spacial score (nSPS) is 12.8. The Morgan fingerprint density at radius 3 is 2.40 bits per heavy atom. The molecule has 3 nitrogen and oxygen atoms in total. The Hall–Kier alpha value is -1.75. The van der Waals surface area contributed by atoms with Gasteiger partial charge in [-0.2, -0.15) is 4.99 Å². The van der Waals surface area contributed by atoms with Crippen LogP contribution in [0.25, 0.3) is 5.69 Å². The molecule has 0 atom stereocenters. The van der Waals surface area contributed by atoms with Crippen molar-refractivity contribution in [2.45, 2.75) is 27.7 Å². The van der Waals surface area contributed by atoms with Gasteiger partial charge in [0.25, 0.3) is 5.91 Å². The number of thiazole rings is 1. The number of nitrogens with zero attached hydrogens (tertiary/aromatic N) is 2. The van der Waals surface area contributed by atoms with E-state index >= 15 is 0 Å². The van der Waals surface area contributed by atoms with E-state index < -0.39 is 5.41 Å². The summed E-state index contributed by atoms with van der Waals surface area (Å²) < 4.78 is 14.8. The molecule has 0 bridgehead atoms. The van der Waals surface area contributed by atoms with E-state index in [2.05, 4.69) is 4.99 Å². The molecule has 1 aromatic carbocycles. The second kappa shape index (κ2) is 5.32. The van der Waals surface area contributed by atoms with Gasteiger partial charge >= 0.3 is 0 Å². The molecule has 0 fully saturated rings. The van der Waals surface area contributed by atoms with E-state index in [9.17, 15) is 9.18 Å². The van der Waals surface area contributed by atoms with E-state index in [4.69, 9.17) is 0 Å². The van der Waals surface area contributed by atoms with Crippen molar-refractivity contribution in [1.29, 1.82) is 0 Å². The van der Waals surface area contributed by atoms with Gasteiger partial charge < -0.3 is 0 Å². The lowest BCUT2D eigenvalue weighted by Gasteiger charge is -2.11. The maximum absolute atomic E-state index is 13.0. The van der Waals surface area contributed by atoms with Gasteiger partial charge in [0, 0.05) is 22.2 Å². The minimum atomic E-state index is -0.515. The molecule has 1 heterocycles. The number of rotatable bonds is 1. The molecular weight excluding hydrogens is 275 g/mol. The summed E-state index contributed by atoms with van der Waals surface area (Å²) in [6.45, 7) is 7.45. The highest BCUT2D eigenvalue weighted by atomic mass is 32.1. The van der Waals surface area contributed by atoms with E-state index in [0.29, 0.717) is 4.80 Å². The number of benzene rings is 1. The zero-order valence-corrected chi connectivity index (χ0v) is 12.8. The number of carbonyl (C=O) groups is 1. The number of hydrogen-bond donors (Lipinski definition) is 0. The molecule has 0 aliphatic carbocycles. The van der Waals surface area contributed by atoms with Gasteiger partial charge in [0.1, 0.15) is 5.82 Å². The zero-order chi connectivity index (χ0) is 14.9. The summed E-state index contributed by atoms with van der Waals surface area (Å²) in [4.78, 5) is 17.9. The molecule has 0 spiro atoms. The van der Waals surface area contributed by atoms with Crippen LogP contribution in [0.5, 0.6) is 0 Å². The van der Waals surface area contributed by atoms with Crippen LogP contribution in [0.2, 0.25) is 0 Å². The number of amides is 1. The number of carbonyl (C=O) groups excluding carboxylic acids is 1. The third kappa shape index (κ3) is 3.22. The smallest absolute Gasteiger partial charge is 0.253 e. The van der Waals surface area contributed by atoms with Gasteiger partial charge in [0.05, 0.1) is 0 Å². The van der Waals surface area contributed by atoms with Gasteiger partial charge in [-0.3, -0.25) is 9.36 Å². The quantitative estimate of drug-likeness (QED) is 0.792. The maximum atomic E-state index is 13.0. The Labute approximate surface area is 121 Å². The maximum Gasteiger partial charge on any atom is 0.253 e. The van der Waals surface area contributed by atoms with E-state index in [0.717, 1.165) is 10.6 Å². The molecule has 0 aliphatic rings. The highest BCUT2D eigenvalue weighted by Crippen LogP contribution is 2.16. The van der Waals surface area contributed by atoms with Crippen LogP contribution in [0.4, 0.5) is 4.39 Å². The average molecular weight is 292 g/mol. The monoisotopic (exact) mass is 292 g/mol. The van der Waals surface area contributed by atoms with Crippen LogP contribution >= 0.6 is 11.3 Å². The molecule has 1 amide bonds. The number of halogens is 1. The summed E-state index contributed by atoms with van der Waals surface area (Å²) in [5.41, 5.74) is 0.273. The lowest BCUT2D eigenvalue weighted by molar-refractivity contribution is -0.125. The minimum absolute atomic E-state index is 0.171. The molecule has 0 N–H and O–H groups in total. The van der Waals surface area contributed by atoms with Crippen molar-refractivity contribution in [2.24, 2.45) is 10.4 Å². The fourth-order valence-corrected chi connectivity index (χ4v) is 2.41. The van der Waals surface area contributed by atoms with Crippen molar-refractivity contribution in [1.82, 2.24) is 4.57 Å². The molecule has 106 valence electrons. The third-order valence-corrected chi connectivity index (χ3v) is 3.61. The largest absolute Gasteiger partial charge is 0.292 e. The number of hydrogen-bond acceptors (Lipinski definition) is 2. The van der Waals surface area contributed by atoms with Crippen LogP contribution < -0.4 is 4.80 Å². The van der Waals surface area contributed by atoms with Crippen LogP contribution in [-0.2, 0) is 4.79 Å². The summed E-state index contributed by atoms with van der Waals surface area (Å²) in [7, 11) is 0. The fourth-order valence-electron chi connectivity index (χ4n) is 1.57. The Bertz CT molecular complexity index is 690. The summed E-state index contributed by atoms with van der Waals surface area (Å²) >= 11 is 1.44. The molecule has 5 heteroatoms.